The van der Waals surface area contributed by atoms with E-state index in [1.807, 2.05) is 19.9 Å². The van der Waals surface area contributed by atoms with Crippen LogP contribution in [0.4, 0.5) is 0 Å². The van der Waals surface area contributed by atoms with Crippen LogP contribution in [0.3, 0.4) is 0 Å². The summed E-state index contributed by atoms with van der Waals surface area (Å²) in [6, 6.07) is 5.36. The largest absolute Gasteiger partial charge is 0.475 e. The van der Waals surface area contributed by atoms with Gasteiger partial charge in [-0.3, -0.25) is 4.79 Å². The third-order valence-corrected chi connectivity index (χ3v) is 2.43. The number of carbonyl (C=O) groups excluding carboxylic acids is 1. The molecule has 1 aromatic rings. The maximum atomic E-state index is 11.1. The molecule has 80 valence electrons. The lowest BCUT2D eigenvalue weighted by molar-refractivity contribution is -0.148. The number of rotatable bonds is 3. The van der Waals surface area contributed by atoms with Gasteiger partial charge in [0.1, 0.15) is 5.38 Å². The summed E-state index contributed by atoms with van der Waals surface area (Å²) in [6.07, 6.45) is 0. The second-order valence-electron chi connectivity index (χ2n) is 3.45. The lowest BCUT2D eigenvalue weighted by Crippen LogP contribution is -2.18. The Kier molecular flexibility index (Phi) is 3.48. The number of halogens is 1. The van der Waals surface area contributed by atoms with E-state index in [-0.39, 0.29) is 0 Å². The van der Waals surface area contributed by atoms with Gasteiger partial charge in [-0.1, -0.05) is 29.3 Å². The molecule has 15 heavy (non-hydrogen) atoms. The van der Waals surface area contributed by atoms with Gasteiger partial charge in [0.05, 0.1) is 0 Å². The monoisotopic (exact) mass is 226 g/mol. The van der Waals surface area contributed by atoms with Crippen LogP contribution in [-0.2, 0) is 9.59 Å². The molecule has 4 heteroatoms. The number of carboxylic acids is 1. The Morgan fingerprint density at radius 1 is 1.20 bits per heavy atom. The number of ketones is 1. The number of Topliss-reactive ketones (excluding diaryl/α,β-unsaturated/α-hetero) is 1. The molecule has 1 aromatic carbocycles. The number of benzene rings is 1. The van der Waals surface area contributed by atoms with Gasteiger partial charge in [0.25, 0.3) is 5.78 Å². The highest BCUT2D eigenvalue weighted by atomic mass is 35.5. The third kappa shape index (κ3) is 2.80. The molecule has 1 N–H and O–H groups in total. The van der Waals surface area contributed by atoms with E-state index in [4.69, 9.17) is 16.7 Å². The molecule has 0 saturated heterocycles. The minimum atomic E-state index is -1.51. The Bertz CT molecular complexity index is 392. The Morgan fingerprint density at radius 3 is 2.07 bits per heavy atom. The first-order valence-corrected chi connectivity index (χ1v) is 4.85. The molecule has 0 fully saturated rings. The molecule has 0 aliphatic rings. The Morgan fingerprint density at radius 2 is 1.67 bits per heavy atom. The van der Waals surface area contributed by atoms with Crippen LogP contribution in [0.5, 0.6) is 0 Å². The summed E-state index contributed by atoms with van der Waals surface area (Å²) in [5.41, 5.74) is 2.43. The van der Waals surface area contributed by atoms with Crippen molar-refractivity contribution in [2.75, 3.05) is 0 Å². The molecule has 0 amide bonds. The van der Waals surface area contributed by atoms with Crippen molar-refractivity contribution in [3.8, 4) is 0 Å². The van der Waals surface area contributed by atoms with Gasteiger partial charge < -0.3 is 5.11 Å². The van der Waals surface area contributed by atoms with E-state index in [2.05, 4.69) is 0 Å². The molecule has 0 aliphatic heterocycles. The van der Waals surface area contributed by atoms with E-state index in [9.17, 15) is 9.59 Å². The SMILES string of the molecule is Cc1cc(C)cc(C(Cl)C(=O)C(=O)O)c1. The van der Waals surface area contributed by atoms with Gasteiger partial charge >= 0.3 is 5.97 Å². The highest BCUT2D eigenvalue weighted by molar-refractivity contribution is 6.47. The summed E-state index contributed by atoms with van der Waals surface area (Å²) >= 11 is 5.77. The smallest absolute Gasteiger partial charge is 0.374 e. The van der Waals surface area contributed by atoms with Gasteiger partial charge in [-0.25, -0.2) is 4.79 Å². The summed E-state index contributed by atoms with van der Waals surface area (Å²) < 4.78 is 0. The van der Waals surface area contributed by atoms with Crippen LogP contribution in [0, 0.1) is 13.8 Å². The average molecular weight is 227 g/mol. The predicted molar refractivity (Wildman–Crippen MR) is 57.2 cm³/mol. The summed E-state index contributed by atoms with van der Waals surface area (Å²) in [7, 11) is 0. The van der Waals surface area contributed by atoms with Gasteiger partial charge in [-0.05, 0) is 19.4 Å². The van der Waals surface area contributed by atoms with Crippen molar-refractivity contribution in [1.29, 1.82) is 0 Å². The Hall–Kier alpha value is -1.35. The highest BCUT2D eigenvalue weighted by Crippen LogP contribution is 2.23. The summed E-state index contributed by atoms with van der Waals surface area (Å²) in [6.45, 7) is 3.73. The molecule has 0 aliphatic carbocycles. The molecule has 0 aromatic heterocycles. The number of hydrogen-bond donors (Lipinski definition) is 1. The van der Waals surface area contributed by atoms with Gasteiger partial charge in [-0.2, -0.15) is 0 Å². The van der Waals surface area contributed by atoms with Crippen molar-refractivity contribution in [2.24, 2.45) is 0 Å². The molecule has 0 bridgehead atoms. The van der Waals surface area contributed by atoms with Crippen molar-refractivity contribution in [3.05, 3.63) is 34.9 Å². The molecular formula is C11H11ClO3. The second kappa shape index (κ2) is 4.45. The number of alkyl halides is 1. The van der Waals surface area contributed by atoms with Crippen LogP contribution < -0.4 is 0 Å². The first-order chi connectivity index (χ1) is 6.91. The minimum absolute atomic E-state index is 0.529. The quantitative estimate of drug-likeness (QED) is 0.635. The number of aryl methyl sites for hydroxylation is 2. The van der Waals surface area contributed by atoms with Crippen LogP contribution in [0.1, 0.15) is 22.1 Å². The third-order valence-electron chi connectivity index (χ3n) is 1.98. The van der Waals surface area contributed by atoms with Gasteiger partial charge in [-0.15, -0.1) is 11.6 Å². The highest BCUT2D eigenvalue weighted by Gasteiger charge is 2.24. The predicted octanol–water partition coefficient (Wildman–Crippen LogP) is 2.24. The standard InChI is InChI=1S/C11H11ClO3/c1-6-3-7(2)5-8(4-6)9(12)10(13)11(14)15/h3-5,9H,1-2H3,(H,14,15). The number of aliphatic carboxylic acids is 1. The molecule has 0 saturated carbocycles. The van der Waals surface area contributed by atoms with Crippen LogP contribution in [0.2, 0.25) is 0 Å². The fraction of sp³-hybridized carbons (Fsp3) is 0.273. The van der Waals surface area contributed by atoms with E-state index < -0.39 is 17.1 Å². The zero-order valence-corrected chi connectivity index (χ0v) is 9.21. The summed E-state index contributed by atoms with van der Waals surface area (Å²) in [5, 5.41) is 7.41. The van der Waals surface area contributed by atoms with E-state index in [0.29, 0.717) is 5.56 Å². The molecule has 0 heterocycles. The van der Waals surface area contributed by atoms with Crippen LogP contribution >= 0.6 is 11.6 Å². The normalized spacial score (nSPS) is 12.2. The molecule has 1 rings (SSSR count). The molecule has 0 radical (unpaired) electrons. The van der Waals surface area contributed by atoms with Crippen LogP contribution in [0.15, 0.2) is 18.2 Å². The Labute approximate surface area is 92.7 Å². The Balaban J connectivity index is 3.06. The maximum absolute atomic E-state index is 11.1. The van der Waals surface area contributed by atoms with Gasteiger partial charge in [0.15, 0.2) is 0 Å². The summed E-state index contributed by atoms with van der Waals surface area (Å²) in [4.78, 5) is 21.6. The van der Waals surface area contributed by atoms with Gasteiger partial charge in [0, 0.05) is 0 Å². The van der Waals surface area contributed by atoms with Crippen molar-refractivity contribution in [1.82, 2.24) is 0 Å². The first kappa shape index (κ1) is 11.7. The lowest BCUT2D eigenvalue weighted by Gasteiger charge is -2.08. The topological polar surface area (TPSA) is 54.4 Å². The zero-order valence-electron chi connectivity index (χ0n) is 8.45. The fourth-order valence-electron chi connectivity index (χ4n) is 1.42. The molecular weight excluding hydrogens is 216 g/mol. The zero-order chi connectivity index (χ0) is 11.6. The average Bonchev–Trinajstić information content (AvgIpc) is 2.13. The van der Waals surface area contributed by atoms with E-state index in [1.165, 1.54) is 0 Å². The van der Waals surface area contributed by atoms with E-state index >= 15 is 0 Å². The van der Waals surface area contributed by atoms with Crippen LogP contribution in [-0.4, -0.2) is 16.9 Å². The van der Waals surface area contributed by atoms with Crippen LogP contribution in [0.25, 0.3) is 0 Å². The number of carboxylic acid groups (broad SMARTS) is 1. The van der Waals surface area contributed by atoms with Crippen molar-refractivity contribution in [2.45, 2.75) is 19.2 Å². The maximum Gasteiger partial charge on any atom is 0.374 e. The molecule has 1 atom stereocenters. The van der Waals surface area contributed by atoms with Crippen molar-refractivity contribution >= 4 is 23.4 Å². The number of hydrogen-bond acceptors (Lipinski definition) is 2. The van der Waals surface area contributed by atoms with Crippen molar-refractivity contribution < 1.29 is 14.7 Å². The van der Waals surface area contributed by atoms with E-state index in [1.54, 1.807) is 12.1 Å². The molecule has 3 nitrogen and oxygen atoms in total. The first-order valence-electron chi connectivity index (χ1n) is 4.41. The minimum Gasteiger partial charge on any atom is -0.475 e. The summed E-state index contributed by atoms with van der Waals surface area (Å²) in [5.74, 6) is -2.50. The fourth-order valence-corrected chi connectivity index (χ4v) is 1.64. The van der Waals surface area contributed by atoms with E-state index in [0.717, 1.165) is 11.1 Å². The number of carbonyl (C=O) groups is 2. The second-order valence-corrected chi connectivity index (χ2v) is 3.89. The molecule has 1 unspecified atom stereocenters. The lowest BCUT2D eigenvalue weighted by atomic mass is 10.0. The van der Waals surface area contributed by atoms with Crippen molar-refractivity contribution in [3.63, 3.8) is 0 Å². The van der Waals surface area contributed by atoms with Gasteiger partial charge in [0.2, 0.25) is 0 Å². The molecule has 0 spiro atoms.